The molecule has 1 fully saturated rings. The Morgan fingerprint density at radius 2 is 1.82 bits per heavy atom. The van der Waals surface area contributed by atoms with E-state index in [0.717, 1.165) is 49.3 Å². The summed E-state index contributed by atoms with van der Waals surface area (Å²) in [5, 5.41) is 0. The van der Waals surface area contributed by atoms with Gasteiger partial charge in [-0.3, -0.25) is 14.2 Å². The number of sulfonamides is 1. The summed E-state index contributed by atoms with van der Waals surface area (Å²) in [7, 11) is -3.80. The van der Waals surface area contributed by atoms with Gasteiger partial charge in [0.25, 0.3) is 0 Å². The number of hydrogen-bond acceptors (Lipinski definition) is 7. The van der Waals surface area contributed by atoms with Crippen LogP contribution in [0.3, 0.4) is 0 Å². The molecule has 5 rings (SSSR count). The fourth-order valence-corrected chi connectivity index (χ4v) is 6.32. The quantitative estimate of drug-likeness (QED) is 0.531. The number of carbonyl (C=O) groups is 1. The Bertz CT molecular complexity index is 1390. The van der Waals surface area contributed by atoms with Gasteiger partial charge in [-0.15, -0.1) is 0 Å². The standard InChI is InChI=1S/C23H25N3O6S2/c27-22(25-9-2-1-3-10-25)8-11-26-18-6-5-17(13-21(18)33-23(26)28)34(29,30)24-14-16-4-7-19-20(12-16)32-15-31-19/h4-7,12-13,24H,1-3,8-11,14-15H2. The molecule has 0 unspecified atom stereocenters. The molecule has 11 heteroatoms. The number of amides is 1. The molecule has 0 atom stereocenters. The van der Waals surface area contributed by atoms with Crippen LogP contribution in [-0.4, -0.2) is 43.7 Å². The molecule has 1 N–H and O–H groups in total. The van der Waals surface area contributed by atoms with E-state index in [1.807, 2.05) is 4.90 Å². The van der Waals surface area contributed by atoms with Crippen LogP contribution < -0.4 is 19.1 Å². The van der Waals surface area contributed by atoms with Gasteiger partial charge in [0, 0.05) is 32.6 Å². The first-order valence-electron chi connectivity index (χ1n) is 11.2. The van der Waals surface area contributed by atoms with Crippen LogP contribution in [0.5, 0.6) is 11.5 Å². The summed E-state index contributed by atoms with van der Waals surface area (Å²) in [6.07, 6.45) is 3.44. The van der Waals surface area contributed by atoms with Gasteiger partial charge in [-0.05, 0) is 55.2 Å². The van der Waals surface area contributed by atoms with Crippen molar-refractivity contribution in [3.63, 3.8) is 0 Å². The van der Waals surface area contributed by atoms with Crippen LogP contribution in [0.2, 0.25) is 0 Å². The number of nitrogens with one attached hydrogen (secondary N) is 1. The highest BCUT2D eigenvalue weighted by Crippen LogP contribution is 2.32. The van der Waals surface area contributed by atoms with Gasteiger partial charge in [0.1, 0.15) is 0 Å². The summed E-state index contributed by atoms with van der Waals surface area (Å²) in [6.45, 7) is 2.08. The molecule has 1 amide bonds. The van der Waals surface area contributed by atoms with Crippen molar-refractivity contribution < 1.29 is 22.7 Å². The average molecular weight is 504 g/mol. The van der Waals surface area contributed by atoms with Crippen LogP contribution in [0.4, 0.5) is 0 Å². The second-order valence-corrected chi connectivity index (χ2v) is 11.1. The third-order valence-electron chi connectivity index (χ3n) is 6.11. The molecule has 180 valence electrons. The van der Waals surface area contributed by atoms with E-state index in [0.29, 0.717) is 21.7 Å². The number of ether oxygens (including phenoxy) is 2. The number of rotatable bonds is 7. The first-order chi connectivity index (χ1) is 16.4. The Kier molecular flexibility index (Phi) is 6.32. The SMILES string of the molecule is O=C(CCn1c(=O)sc2cc(S(=O)(=O)NCc3ccc4c(c3)OCO4)ccc21)N1CCCCC1. The van der Waals surface area contributed by atoms with Crippen molar-refractivity contribution in [3.05, 3.63) is 51.6 Å². The smallest absolute Gasteiger partial charge is 0.308 e. The minimum Gasteiger partial charge on any atom is -0.454 e. The fourth-order valence-electron chi connectivity index (χ4n) is 4.25. The lowest BCUT2D eigenvalue weighted by atomic mass is 10.1. The molecule has 3 aromatic rings. The Balaban J connectivity index is 1.28. The van der Waals surface area contributed by atoms with E-state index in [2.05, 4.69) is 4.72 Å². The normalized spacial score (nSPS) is 15.7. The highest BCUT2D eigenvalue weighted by molar-refractivity contribution is 7.89. The van der Waals surface area contributed by atoms with E-state index in [1.54, 1.807) is 28.8 Å². The summed E-state index contributed by atoms with van der Waals surface area (Å²) >= 11 is 0.984. The van der Waals surface area contributed by atoms with Crippen molar-refractivity contribution in [1.82, 2.24) is 14.2 Å². The molecule has 2 aromatic carbocycles. The average Bonchev–Trinajstić information content (AvgIpc) is 3.44. The number of carbonyl (C=O) groups excluding carboxylic acids is 1. The molecule has 2 aliphatic heterocycles. The van der Waals surface area contributed by atoms with E-state index in [9.17, 15) is 18.0 Å². The molecule has 0 bridgehead atoms. The predicted molar refractivity (Wildman–Crippen MR) is 128 cm³/mol. The maximum atomic E-state index is 12.9. The van der Waals surface area contributed by atoms with Crippen LogP contribution in [0, 0.1) is 0 Å². The lowest BCUT2D eigenvalue weighted by molar-refractivity contribution is -0.132. The number of fused-ring (bicyclic) bond motifs is 2. The summed E-state index contributed by atoms with van der Waals surface area (Å²) in [6, 6.07) is 9.88. The lowest BCUT2D eigenvalue weighted by Crippen LogP contribution is -2.36. The molecule has 0 saturated carbocycles. The minimum absolute atomic E-state index is 0.0536. The third kappa shape index (κ3) is 4.68. The van der Waals surface area contributed by atoms with Gasteiger partial charge in [-0.25, -0.2) is 13.1 Å². The third-order valence-corrected chi connectivity index (χ3v) is 8.45. The molecular weight excluding hydrogens is 478 g/mol. The van der Waals surface area contributed by atoms with Gasteiger partial charge in [0.05, 0.1) is 15.1 Å². The second kappa shape index (κ2) is 9.40. The molecule has 0 aliphatic carbocycles. The molecule has 3 heterocycles. The molecule has 0 spiro atoms. The molecule has 2 aliphatic rings. The maximum Gasteiger partial charge on any atom is 0.308 e. The van der Waals surface area contributed by atoms with Crippen LogP contribution in [-0.2, 0) is 27.9 Å². The summed E-state index contributed by atoms with van der Waals surface area (Å²) in [5.74, 6) is 1.27. The zero-order valence-electron chi connectivity index (χ0n) is 18.5. The number of nitrogens with zero attached hydrogens (tertiary/aromatic N) is 2. The molecule has 1 aromatic heterocycles. The van der Waals surface area contributed by atoms with Crippen molar-refractivity contribution in [2.24, 2.45) is 0 Å². The van der Waals surface area contributed by atoms with Gasteiger partial charge < -0.3 is 14.4 Å². The van der Waals surface area contributed by atoms with E-state index in [4.69, 9.17) is 9.47 Å². The number of aryl methyl sites for hydroxylation is 1. The number of aromatic nitrogens is 1. The van der Waals surface area contributed by atoms with Crippen molar-refractivity contribution in [2.75, 3.05) is 19.9 Å². The van der Waals surface area contributed by atoms with Crippen molar-refractivity contribution in [1.29, 1.82) is 0 Å². The number of thiazole rings is 1. The van der Waals surface area contributed by atoms with Gasteiger partial charge >= 0.3 is 4.87 Å². The first kappa shape index (κ1) is 22.9. The van der Waals surface area contributed by atoms with Crippen molar-refractivity contribution >= 4 is 37.5 Å². The van der Waals surface area contributed by atoms with E-state index >= 15 is 0 Å². The van der Waals surface area contributed by atoms with Gasteiger partial charge in [-0.2, -0.15) is 0 Å². The number of piperidine rings is 1. The fraction of sp³-hybridized carbons (Fsp3) is 0.391. The second-order valence-electron chi connectivity index (χ2n) is 8.35. The summed E-state index contributed by atoms with van der Waals surface area (Å²) in [4.78, 5) is 26.8. The monoisotopic (exact) mass is 503 g/mol. The van der Waals surface area contributed by atoms with E-state index in [1.165, 1.54) is 12.1 Å². The summed E-state index contributed by atoms with van der Waals surface area (Å²) in [5.41, 5.74) is 1.37. The largest absolute Gasteiger partial charge is 0.454 e. The number of benzene rings is 2. The van der Waals surface area contributed by atoms with Crippen LogP contribution in [0.1, 0.15) is 31.2 Å². The molecule has 0 radical (unpaired) electrons. The van der Waals surface area contributed by atoms with E-state index in [-0.39, 0.29) is 42.0 Å². The first-order valence-corrected chi connectivity index (χ1v) is 13.5. The Labute approximate surface area is 200 Å². The Morgan fingerprint density at radius 3 is 2.65 bits per heavy atom. The van der Waals surface area contributed by atoms with Crippen LogP contribution in [0.15, 0.2) is 46.1 Å². The molecule has 9 nitrogen and oxygen atoms in total. The Hall–Kier alpha value is -2.89. The number of hydrogen-bond donors (Lipinski definition) is 1. The maximum absolute atomic E-state index is 12.9. The zero-order chi connectivity index (χ0) is 23.7. The molecule has 34 heavy (non-hydrogen) atoms. The highest BCUT2D eigenvalue weighted by Gasteiger charge is 2.20. The van der Waals surface area contributed by atoms with Crippen LogP contribution in [0.25, 0.3) is 10.2 Å². The zero-order valence-corrected chi connectivity index (χ0v) is 20.1. The molecular formula is C23H25N3O6S2. The lowest BCUT2D eigenvalue weighted by Gasteiger charge is -2.26. The highest BCUT2D eigenvalue weighted by atomic mass is 32.2. The minimum atomic E-state index is -3.80. The predicted octanol–water partition coefficient (Wildman–Crippen LogP) is 2.67. The van der Waals surface area contributed by atoms with Gasteiger partial charge in [-0.1, -0.05) is 17.4 Å². The topological polar surface area (TPSA) is 107 Å². The van der Waals surface area contributed by atoms with Gasteiger partial charge in [0.2, 0.25) is 22.7 Å². The van der Waals surface area contributed by atoms with Crippen molar-refractivity contribution in [3.8, 4) is 11.5 Å². The number of likely N-dealkylation sites (tertiary alicyclic amines) is 1. The van der Waals surface area contributed by atoms with E-state index < -0.39 is 10.0 Å². The molecule has 1 saturated heterocycles. The van der Waals surface area contributed by atoms with Crippen LogP contribution >= 0.6 is 11.3 Å². The van der Waals surface area contributed by atoms with Crippen molar-refractivity contribution in [2.45, 2.75) is 43.7 Å². The Morgan fingerprint density at radius 1 is 1.03 bits per heavy atom. The summed E-state index contributed by atoms with van der Waals surface area (Å²) < 4.78 is 41.1. The van der Waals surface area contributed by atoms with Gasteiger partial charge in [0.15, 0.2) is 11.5 Å².